The number of carbonyl (C=O) groups is 1. The number of nitrogens with one attached hydrogen (secondary N) is 1. The van der Waals surface area contributed by atoms with Gasteiger partial charge in [0.25, 0.3) is 0 Å². The fourth-order valence-corrected chi connectivity index (χ4v) is 4.89. The molecule has 1 aliphatic heterocycles. The van der Waals surface area contributed by atoms with Crippen LogP contribution in [-0.2, 0) is 14.8 Å². The molecule has 1 N–H and O–H groups in total. The highest BCUT2D eigenvalue weighted by atomic mass is 32.2. The van der Waals surface area contributed by atoms with Crippen molar-refractivity contribution < 1.29 is 13.2 Å². The normalized spacial score (nSPS) is 17.1. The van der Waals surface area contributed by atoms with Crippen LogP contribution in [0.1, 0.15) is 23.6 Å². The number of carbonyl (C=O) groups excluding carboxylic acids is 1. The quantitative estimate of drug-likeness (QED) is 0.815. The van der Waals surface area contributed by atoms with Crippen molar-refractivity contribution in [3.8, 4) is 0 Å². The molecule has 29 heavy (non-hydrogen) atoms. The van der Waals surface area contributed by atoms with E-state index in [1.54, 1.807) is 12.1 Å². The van der Waals surface area contributed by atoms with Crippen LogP contribution in [0, 0.1) is 20.8 Å². The molecule has 3 rings (SSSR count). The maximum absolute atomic E-state index is 12.8. The molecule has 0 aliphatic carbocycles. The Hall–Kier alpha value is -2.22. The summed E-state index contributed by atoms with van der Waals surface area (Å²) in [6.07, 6.45) is 0. The molecule has 0 radical (unpaired) electrons. The van der Waals surface area contributed by atoms with E-state index in [4.69, 9.17) is 0 Å². The van der Waals surface area contributed by atoms with E-state index in [-0.39, 0.29) is 11.9 Å². The summed E-state index contributed by atoms with van der Waals surface area (Å²) >= 11 is 0. The summed E-state index contributed by atoms with van der Waals surface area (Å²) in [6, 6.07) is 12.6. The van der Waals surface area contributed by atoms with Gasteiger partial charge in [-0.3, -0.25) is 9.69 Å². The zero-order chi connectivity index (χ0) is 21.2. The number of anilines is 1. The Morgan fingerprint density at radius 1 is 0.931 bits per heavy atom. The zero-order valence-electron chi connectivity index (χ0n) is 17.5. The van der Waals surface area contributed by atoms with Gasteiger partial charge in [-0.25, -0.2) is 8.42 Å². The van der Waals surface area contributed by atoms with Gasteiger partial charge in [0.2, 0.25) is 15.9 Å². The highest BCUT2D eigenvalue weighted by Crippen LogP contribution is 2.20. The van der Waals surface area contributed by atoms with Gasteiger partial charge in [-0.1, -0.05) is 29.8 Å². The first kappa shape index (κ1) is 21.5. The maximum Gasteiger partial charge on any atom is 0.243 e. The minimum absolute atomic E-state index is 0.0754. The first-order chi connectivity index (χ1) is 13.7. The number of rotatable bonds is 5. The van der Waals surface area contributed by atoms with Gasteiger partial charge in [0.1, 0.15) is 0 Å². The molecule has 1 atom stereocenters. The fourth-order valence-electron chi connectivity index (χ4n) is 3.46. The molecule has 1 saturated heterocycles. The van der Waals surface area contributed by atoms with E-state index < -0.39 is 10.0 Å². The molecule has 2 aromatic carbocycles. The molecule has 0 spiro atoms. The molecular formula is C22H29N3O3S. The third kappa shape index (κ3) is 4.86. The van der Waals surface area contributed by atoms with Gasteiger partial charge in [-0.15, -0.1) is 0 Å². The van der Waals surface area contributed by atoms with E-state index >= 15 is 0 Å². The molecule has 1 heterocycles. The molecule has 0 aromatic heterocycles. The Morgan fingerprint density at radius 2 is 1.52 bits per heavy atom. The summed E-state index contributed by atoms with van der Waals surface area (Å²) in [7, 11) is -3.50. The predicted molar refractivity (Wildman–Crippen MR) is 116 cm³/mol. The average Bonchev–Trinajstić information content (AvgIpc) is 2.70. The summed E-state index contributed by atoms with van der Waals surface area (Å²) < 4.78 is 27.2. The van der Waals surface area contributed by atoms with E-state index in [1.165, 1.54) is 4.31 Å². The first-order valence-electron chi connectivity index (χ1n) is 9.87. The van der Waals surface area contributed by atoms with E-state index in [1.807, 2.05) is 62.9 Å². The summed E-state index contributed by atoms with van der Waals surface area (Å²) in [5.41, 5.74) is 3.96. The van der Waals surface area contributed by atoms with Crippen LogP contribution >= 0.6 is 0 Å². The van der Waals surface area contributed by atoms with Crippen molar-refractivity contribution in [1.29, 1.82) is 0 Å². The number of nitrogens with zero attached hydrogens (tertiary/aromatic N) is 2. The van der Waals surface area contributed by atoms with Crippen molar-refractivity contribution in [2.45, 2.75) is 38.6 Å². The van der Waals surface area contributed by atoms with Crippen LogP contribution in [0.5, 0.6) is 0 Å². The van der Waals surface area contributed by atoms with Gasteiger partial charge >= 0.3 is 0 Å². The SMILES string of the molecule is Cc1ccc(S(=O)(=O)N2CCN([C@H](C)C(=O)Nc3cc(C)ccc3C)CC2)cc1. The van der Waals surface area contributed by atoms with Crippen LogP contribution < -0.4 is 5.32 Å². The molecule has 1 amide bonds. The van der Waals surface area contributed by atoms with Crippen LogP contribution in [0.15, 0.2) is 47.4 Å². The zero-order valence-corrected chi connectivity index (χ0v) is 18.3. The van der Waals surface area contributed by atoms with E-state index in [2.05, 4.69) is 5.32 Å². The number of benzene rings is 2. The van der Waals surface area contributed by atoms with Crippen LogP contribution in [-0.4, -0.2) is 55.8 Å². The molecular weight excluding hydrogens is 386 g/mol. The number of piperazine rings is 1. The molecule has 0 unspecified atom stereocenters. The molecule has 0 bridgehead atoms. The lowest BCUT2D eigenvalue weighted by molar-refractivity contribution is -0.121. The van der Waals surface area contributed by atoms with Crippen molar-refractivity contribution in [1.82, 2.24) is 9.21 Å². The van der Waals surface area contributed by atoms with E-state index in [9.17, 15) is 13.2 Å². The van der Waals surface area contributed by atoms with Gasteiger partial charge in [0.15, 0.2) is 0 Å². The molecule has 0 saturated carbocycles. The Morgan fingerprint density at radius 3 is 2.14 bits per heavy atom. The van der Waals surface area contributed by atoms with Gasteiger partial charge in [0, 0.05) is 31.9 Å². The average molecular weight is 416 g/mol. The van der Waals surface area contributed by atoms with E-state index in [0.717, 1.165) is 22.4 Å². The smallest absolute Gasteiger partial charge is 0.243 e. The number of amides is 1. The largest absolute Gasteiger partial charge is 0.324 e. The van der Waals surface area contributed by atoms with Gasteiger partial charge in [-0.2, -0.15) is 4.31 Å². The lowest BCUT2D eigenvalue weighted by Crippen LogP contribution is -2.53. The van der Waals surface area contributed by atoms with Crippen molar-refractivity contribution in [2.75, 3.05) is 31.5 Å². The Labute approximate surface area is 173 Å². The summed E-state index contributed by atoms with van der Waals surface area (Å²) in [5, 5.41) is 3.01. The molecule has 2 aromatic rings. The second-order valence-electron chi connectivity index (χ2n) is 7.74. The third-order valence-electron chi connectivity index (χ3n) is 5.51. The lowest BCUT2D eigenvalue weighted by Gasteiger charge is -2.36. The van der Waals surface area contributed by atoms with Gasteiger partial charge in [0.05, 0.1) is 10.9 Å². The lowest BCUT2D eigenvalue weighted by atomic mass is 10.1. The highest BCUT2D eigenvalue weighted by molar-refractivity contribution is 7.89. The minimum Gasteiger partial charge on any atom is -0.324 e. The Bertz CT molecular complexity index is 979. The molecule has 1 aliphatic rings. The number of aryl methyl sites for hydroxylation is 3. The second kappa shape index (κ2) is 8.65. The standard InChI is InChI=1S/C22H29N3O3S/c1-16-6-9-20(10-7-16)29(27,28)25-13-11-24(12-14-25)19(4)22(26)23-21-15-17(2)5-8-18(21)3/h5-10,15,19H,11-14H2,1-4H3,(H,23,26)/t19-/m1/s1. The van der Waals surface area contributed by atoms with Gasteiger partial charge in [-0.05, 0) is 57.0 Å². The van der Waals surface area contributed by atoms with Crippen LogP contribution in [0.3, 0.4) is 0 Å². The van der Waals surface area contributed by atoms with Crippen LogP contribution in [0.4, 0.5) is 5.69 Å². The molecule has 6 nitrogen and oxygen atoms in total. The second-order valence-corrected chi connectivity index (χ2v) is 9.67. The molecule has 1 fully saturated rings. The van der Waals surface area contributed by atoms with Gasteiger partial charge < -0.3 is 5.32 Å². The first-order valence-corrected chi connectivity index (χ1v) is 11.3. The minimum atomic E-state index is -3.50. The predicted octanol–water partition coefficient (Wildman–Crippen LogP) is 2.95. The summed E-state index contributed by atoms with van der Waals surface area (Å²) in [6.45, 7) is 9.54. The van der Waals surface area contributed by atoms with Crippen molar-refractivity contribution in [3.05, 3.63) is 59.2 Å². The summed E-state index contributed by atoms with van der Waals surface area (Å²) in [5.74, 6) is -0.0754. The third-order valence-corrected chi connectivity index (χ3v) is 7.42. The maximum atomic E-state index is 12.8. The topological polar surface area (TPSA) is 69.7 Å². The number of sulfonamides is 1. The number of hydrogen-bond donors (Lipinski definition) is 1. The molecule has 7 heteroatoms. The fraction of sp³-hybridized carbons (Fsp3) is 0.409. The monoisotopic (exact) mass is 415 g/mol. The molecule has 156 valence electrons. The van der Waals surface area contributed by atoms with Crippen molar-refractivity contribution >= 4 is 21.6 Å². The Balaban J connectivity index is 1.61. The summed E-state index contributed by atoms with van der Waals surface area (Å²) in [4.78, 5) is 15.1. The van der Waals surface area contributed by atoms with Crippen molar-refractivity contribution in [3.63, 3.8) is 0 Å². The Kier molecular flexibility index (Phi) is 6.41. The van der Waals surface area contributed by atoms with Crippen LogP contribution in [0.25, 0.3) is 0 Å². The highest BCUT2D eigenvalue weighted by Gasteiger charge is 2.31. The van der Waals surface area contributed by atoms with E-state index in [0.29, 0.717) is 31.1 Å². The number of hydrogen-bond acceptors (Lipinski definition) is 4. The van der Waals surface area contributed by atoms with Crippen molar-refractivity contribution in [2.24, 2.45) is 0 Å². The van der Waals surface area contributed by atoms with Crippen LogP contribution in [0.2, 0.25) is 0 Å².